The quantitative estimate of drug-likeness (QED) is 0.519. The molecule has 1 aromatic carbocycles. The van der Waals surface area contributed by atoms with E-state index in [1.807, 2.05) is 30.5 Å². The smallest absolute Gasteiger partial charge is 0.428 e. The van der Waals surface area contributed by atoms with Gasteiger partial charge in [-0.05, 0) is 44.7 Å². The van der Waals surface area contributed by atoms with Crippen molar-refractivity contribution in [3.8, 4) is 0 Å². The molecule has 4 nitrogen and oxygen atoms in total. The predicted octanol–water partition coefficient (Wildman–Crippen LogP) is 3.27. The minimum atomic E-state index is -0.556. The number of hydrogen-bond acceptors (Lipinski definition) is 4. The molecule has 1 aromatic rings. The molecule has 0 saturated heterocycles. The predicted molar refractivity (Wildman–Crippen MR) is 75.2 cm³/mol. The van der Waals surface area contributed by atoms with Gasteiger partial charge in [-0.15, -0.1) is 11.8 Å². The lowest BCUT2D eigenvalue weighted by Gasteiger charge is -2.18. The monoisotopic (exact) mass is 266 g/mol. The molecule has 0 saturated carbocycles. The summed E-state index contributed by atoms with van der Waals surface area (Å²) < 4.78 is 5.05. The van der Waals surface area contributed by atoms with Crippen LogP contribution in [0, 0.1) is 0 Å². The van der Waals surface area contributed by atoms with E-state index in [0.29, 0.717) is 0 Å². The number of hydrogen-bond donors (Lipinski definition) is 1. The van der Waals surface area contributed by atoms with E-state index in [0.717, 1.165) is 5.56 Å². The van der Waals surface area contributed by atoms with Crippen molar-refractivity contribution in [3.63, 3.8) is 0 Å². The van der Waals surface area contributed by atoms with Gasteiger partial charge in [0, 0.05) is 4.90 Å². The summed E-state index contributed by atoms with van der Waals surface area (Å²) in [6.07, 6.45) is 3.04. The first-order chi connectivity index (χ1) is 8.40. The second-order valence-corrected chi connectivity index (χ2v) is 5.52. The second-order valence-electron chi connectivity index (χ2n) is 4.65. The number of benzene rings is 1. The van der Waals surface area contributed by atoms with Crippen LogP contribution in [0.3, 0.4) is 0 Å². The first kappa shape index (κ1) is 14.6. The number of hydrazone groups is 1. The molecule has 5 heteroatoms. The lowest BCUT2D eigenvalue weighted by Crippen LogP contribution is -2.29. The first-order valence-corrected chi connectivity index (χ1v) is 6.79. The fourth-order valence-corrected chi connectivity index (χ4v) is 1.56. The summed E-state index contributed by atoms with van der Waals surface area (Å²) in [5, 5.41) is 3.82. The Morgan fingerprint density at radius 3 is 2.44 bits per heavy atom. The summed E-state index contributed by atoms with van der Waals surface area (Å²) in [4.78, 5) is 12.5. The molecule has 1 rings (SSSR count). The number of nitrogens with zero attached hydrogens (tertiary/aromatic N) is 1. The van der Waals surface area contributed by atoms with Crippen LogP contribution in [0.2, 0.25) is 0 Å². The molecule has 1 amide bonds. The topological polar surface area (TPSA) is 50.7 Å². The fourth-order valence-electron chi connectivity index (χ4n) is 1.15. The van der Waals surface area contributed by atoms with Gasteiger partial charge < -0.3 is 4.74 Å². The fraction of sp³-hybridized carbons (Fsp3) is 0.385. The van der Waals surface area contributed by atoms with Gasteiger partial charge >= 0.3 is 6.09 Å². The highest BCUT2D eigenvalue weighted by Crippen LogP contribution is 2.13. The highest BCUT2D eigenvalue weighted by Gasteiger charge is 2.15. The van der Waals surface area contributed by atoms with Crippen LogP contribution >= 0.6 is 11.8 Å². The molecular weight excluding hydrogens is 248 g/mol. The van der Waals surface area contributed by atoms with E-state index < -0.39 is 11.7 Å². The van der Waals surface area contributed by atoms with Crippen molar-refractivity contribution >= 4 is 24.1 Å². The molecule has 0 aromatic heterocycles. The van der Waals surface area contributed by atoms with Gasteiger partial charge in [-0.2, -0.15) is 5.10 Å². The van der Waals surface area contributed by atoms with E-state index in [4.69, 9.17) is 4.74 Å². The summed E-state index contributed by atoms with van der Waals surface area (Å²) in [5.41, 5.74) is 2.73. The molecular formula is C13H18N2O2S. The Labute approximate surface area is 112 Å². The summed E-state index contributed by atoms with van der Waals surface area (Å²) in [7, 11) is 0. The minimum Gasteiger partial charge on any atom is -0.443 e. The Morgan fingerprint density at radius 2 is 1.94 bits per heavy atom. The zero-order chi connectivity index (χ0) is 13.6. The number of carbonyl (C=O) groups is 1. The van der Waals surface area contributed by atoms with Crippen LogP contribution in [0.25, 0.3) is 0 Å². The van der Waals surface area contributed by atoms with Gasteiger partial charge in [0.1, 0.15) is 5.60 Å². The molecule has 0 aliphatic carbocycles. The van der Waals surface area contributed by atoms with E-state index >= 15 is 0 Å². The van der Waals surface area contributed by atoms with Crippen LogP contribution in [0.15, 0.2) is 34.3 Å². The standard InChI is InChI=1S/C13H18N2O2S/c1-13(2,3)17-12(16)15-14-9-10-5-7-11(18-4)8-6-10/h5-9H,1-4H3,(H,15,16)/b14-9-. The van der Waals surface area contributed by atoms with Gasteiger partial charge in [0.05, 0.1) is 6.21 Å². The van der Waals surface area contributed by atoms with Gasteiger partial charge in [-0.1, -0.05) is 12.1 Å². The van der Waals surface area contributed by atoms with Crippen LogP contribution < -0.4 is 5.43 Å². The van der Waals surface area contributed by atoms with Gasteiger partial charge in [0.25, 0.3) is 0 Å². The molecule has 0 heterocycles. The highest BCUT2D eigenvalue weighted by molar-refractivity contribution is 7.98. The Kier molecular flexibility index (Phi) is 5.22. The average Bonchev–Trinajstić information content (AvgIpc) is 2.27. The van der Waals surface area contributed by atoms with Crippen LogP contribution in [0.5, 0.6) is 0 Å². The molecule has 0 aliphatic heterocycles. The Balaban J connectivity index is 2.47. The van der Waals surface area contributed by atoms with E-state index in [2.05, 4.69) is 10.5 Å². The van der Waals surface area contributed by atoms with E-state index in [1.54, 1.807) is 38.7 Å². The SMILES string of the molecule is CSc1ccc(/C=N\NC(=O)OC(C)(C)C)cc1. The molecule has 18 heavy (non-hydrogen) atoms. The Hall–Kier alpha value is -1.49. The zero-order valence-corrected chi connectivity index (χ0v) is 11.9. The number of ether oxygens (including phenoxy) is 1. The number of rotatable bonds is 3. The number of nitrogens with one attached hydrogen (secondary N) is 1. The van der Waals surface area contributed by atoms with Crippen LogP contribution in [-0.2, 0) is 4.74 Å². The largest absolute Gasteiger partial charge is 0.443 e. The maximum absolute atomic E-state index is 11.3. The third-order valence-electron chi connectivity index (χ3n) is 1.88. The van der Waals surface area contributed by atoms with Crippen LogP contribution in [0.1, 0.15) is 26.3 Å². The molecule has 0 aliphatic rings. The molecule has 0 radical (unpaired) electrons. The van der Waals surface area contributed by atoms with Crippen molar-refractivity contribution in [1.29, 1.82) is 0 Å². The van der Waals surface area contributed by atoms with Gasteiger partial charge in [0.2, 0.25) is 0 Å². The molecule has 0 atom stereocenters. The highest BCUT2D eigenvalue weighted by atomic mass is 32.2. The summed E-state index contributed by atoms with van der Waals surface area (Å²) in [5.74, 6) is 0. The third-order valence-corrected chi connectivity index (χ3v) is 2.63. The van der Waals surface area contributed by atoms with E-state index in [9.17, 15) is 4.79 Å². The summed E-state index contributed by atoms with van der Waals surface area (Å²) in [6, 6.07) is 7.87. The van der Waals surface area contributed by atoms with Gasteiger partial charge in [0.15, 0.2) is 0 Å². The van der Waals surface area contributed by atoms with Crippen molar-refractivity contribution in [3.05, 3.63) is 29.8 Å². The number of carbonyl (C=O) groups excluding carboxylic acids is 1. The molecule has 0 spiro atoms. The molecule has 98 valence electrons. The zero-order valence-electron chi connectivity index (χ0n) is 11.1. The Bertz CT molecular complexity index is 422. The summed E-state index contributed by atoms with van der Waals surface area (Å²) in [6.45, 7) is 5.41. The van der Waals surface area contributed by atoms with E-state index in [1.165, 1.54) is 4.90 Å². The van der Waals surface area contributed by atoms with Crippen molar-refractivity contribution < 1.29 is 9.53 Å². The van der Waals surface area contributed by atoms with Gasteiger partial charge in [-0.25, -0.2) is 10.2 Å². The summed E-state index contributed by atoms with van der Waals surface area (Å²) >= 11 is 1.68. The number of thioether (sulfide) groups is 1. The van der Waals surface area contributed by atoms with Gasteiger partial charge in [-0.3, -0.25) is 0 Å². The lowest BCUT2D eigenvalue weighted by atomic mass is 10.2. The molecule has 0 unspecified atom stereocenters. The average molecular weight is 266 g/mol. The molecule has 1 N–H and O–H groups in total. The van der Waals surface area contributed by atoms with Crippen LogP contribution in [-0.4, -0.2) is 24.2 Å². The second kappa shape index (κ2) is 6.44. The van der Waals surface area contributed by atoms with Crippen molar-refractivity contribution in [1.82, 2.24) is 5.43 Å². The van der Waals surface area contributed by atoms with Crippen molar-refractivity contribution in [2.45, 2.75) is 31.3 Å². The maximum atomic E-state index is 11.3. The number of amides is 1. The lowest BCUT2D eigenvalue weighted by molar-refractivity contribution is 0.0529. The minimum absolute atomic E-state index is 0.514. The van der Waals surface area contributed by atoms with Crippen LogP contribution in [0.4, 0.5) is 4.79 Å². The molecule has 0 fully saturated rings. The Morgan fingerprint density at radius 1 is 1.33 bits per heavy atom. The third kappa shape index (κ3) is 5.72. The molecule has 0 bridgehead atoms. The maximum Gasteiger partial charge on any atom is 0.428 e. The first-order valence-electron chi connectivity index (χ1n) is 5.57. The van der Waals surface area contributed by atoms with Crippen molar-refractivity contribution in [2.24, 2.45) is 5.10 Å². The van der Waals surface area contributed by atoms with Crippen molar-refractivity contribution in [2.75, 3.05) is 6.26 Å². The normalized spacial score (nSPS) is 11.6. The van der Waals surface area contributed by atoms with E-state index in [-0.39, 0.29) is 0 Å².